The molecule has 3 heteroatoms. The van der Waals surface area contributed by atoms with Gasteiger partial charge in [-0.05, 0) is 41.7 Å². The van der Waals surface area contributed by atoms with E-state index in [1.165, 1.54) is 31.6 Å². The predicted molar refractivity (Wildman–Crippen MR) is 85.7 cm³/mol. The standard InChI is InChI=1S/C18H20ClFO/c1-3-4-5-13-6-8-14(9-7-13)18(19)15-10-11-17(21-2)16(20)12-15/h6-12,18H,3-5H2,1-2H3. The molecule has 2 aromatic rings. The van der Waals surface area contributed by atoms with E-state index in [4.69, 9.17) is 16.3 Å². The lowest BCUT2D eigenvalue weighted by Gasteiger charge is -2.12. The second kappa shape index (κ2) is 7.46. The molecule has 0 heterocycles. The molecule has 1 nitrogen and oxygen atoms in total. The van der Waals surface area contributed by atoms with E-state index < -0.39 is 0 Å². The van der Waals surface area contributed by atoms with Crippen molar-refractivity contribution in [2.45, 2.75) is 31.6 Å². The summed E-state index contributed by atoms with van der Waals surface area (Å²) in [5, 5.41) is -0.356. The lowest BCUT2D eigenvalue weighted by molar-refractivity contribution is 0.386. The molecule has 0 aromatic heterocycles. The quantitative estimate of drug-likeness (QED) is 0.640. The Bertz CT molecular complexity index is 580. The summed E-state index contributed by atoms with van der Waals surface area (Å²) in [6, 6.07) is 13.1. The number of rotatable bonds is 6. The van der Waals surface area contributed by atoms with Gasteiger partial charge in [-0.2, -0.15) is 0 Å². The largest absolute Gasteiger partial charge is 0.494 e. The number of methoxy groups -OCH3 is 1. The number of hydrogen-bond donors (Lipinski definition) is 0. The summed E-state index contributed by atoms with van der Waals surface area (Å²) in [5.41, 5.74) is 3.02. The summed E-state index contributed by atoms with van der Waals surface area (Å²) in [6.45, 7) is 2.18. The Morgan fingerprint density at radius 3 is 2.33 bits per heavy atom. The number of benzene rings is 2. The van der Waals surface area contributed by atoms with Crippen molar-refractivity contribution >= 4 is 11.6 Å². The van der Waals surface area contributed by atoms with E-state index in [0.29, 0.717) is 0 Å². The van der Waals surface area contributed by atoms with E-state index in [1.807, 2.05) is 12.1 Å². The van der Waals surface area contributed by atoms with Crippen molar-refractivity contribution in [1.29, 1.82) is 0 Å². The molecule has 0 fully saturated rings. The molecule has 0 saturated carbocycles. The van der Waals surface area contributed by atoms with Crippen LogP contribution >= 0.6 is 11.6 Å². The summed E-state index contributed by atoms with van der Waals surface area (Å²) in [5.74, 6) is -0.155. The number of aryl methyl sites for hydroxylation is 1. The van der Waals surface area contributed by atoms with E-state index in [-0.39, 0.29) is 16.9 Å². The van der Waals surface area contributed by atoms with Gasteiger partial charge in [0.25, 0.3) is 0 Å². The highest BCUT2D eigenvalue weighted by atomic mass is 35.5. The number of halogens is 2. The van der Waals surface area contributed by atoms with Gasteiger partial charge in [-0.3, -0.25) is 0 Å². The Kier molecular flexibility index (Phi) is 5.63. The van der Waals surface area contributed by atoms with Crippen LogP contribution in [0.3, 0.4) is 0 Å². The van der Waals surface area contributed by atoms with Gasteiger partial charge in [-0.1, -0.05) is 43.7 Å². The highest BCUT2D eigenvalue weighted by molar-refractivity contribution is 6.22. The third-order valence-corrected chi connectivity index (χ3v) is 4.06. The minimum Gasteiger partial charge on any atom is -0.494 e. The van der Waals surface area contributed by atoms with Crippen LogP contribution in [0.5, 0.6) is 5.75 Å². The number of unbranched alkanes of at least 4 members (excludes halogenated alkanes) is 1. The molecule has 0 aliphatic rings. The Balaban J connectivity index is 2.15. The highest BCUT2D eigenvalue weighted by Crippen LogP contribution is 2.31. The van der Waals surface area contributed by atoms with Crippen LogP contribution in [0.2, 0.25) is 0 Å². The second-order valence-corrected chi connectivity index (χ2v) is 5.54. The Labute approximate surface area is 130 Å². The van der Waals surface area contributed by atoms with Crippen molar-refractivity contribution in [2.24, 2.45) is 0 Å². The van der Waals surface area contributed by atoms with Crippen LogP contribution in [0.4, 0.5) is 4.39 Å². The first-order chi connectivity index (χ1) is 10.2. The van der Waals surface area contributed by atoms with E-state index in [2.05, 4.69) is 19.1 Å². The molecule has 0 spiro atoms. The van der Waals surface area contributed by atoms with E-state index >= 15 is 0 Å². The lowest BCUT2D eigenvalue weighted by atomic mass is 10.0. The molecule has 1 atom stereocenters. The zero-order valence-corrected chi connectivity index (χ0v) is 13.2. The zero-order valence-electron chi connectivity index (χ0n) is 12.4. The van der Waals surface area contributed by atoms with Crippen LogP contribution in [0.1, 0.15) is 41.8 Å². The minimum atomic E-state index is -0.389. The molecule has 0 amide bonds. The number of alkyl halides is 1. The molecule has 21 heavy (non-hydrogen) atoms. The normalized spacial score (nSPS) is 12.2. The zero-order chi connectivity index (χ0) is 15.2. The number of ether oxygens (including phenoxy) is 1. The van der Waals surface area contributed by atoms with E-state index in [1.54, 1.807) is 12.1 Å². The van der Waals surface area contributed by atoms with Crippen molar-refractivity contribution in [3.05, 3.63) is 65.0 Å². The van der Waals surface area contributed by atoms with Crippen LogP contribution in [-0.4, -0.2) is 7.11 Å². The molecule has 0 N–H and O–H groups in total. The highest BCUT2D eigenvalue weighted by Gasteiger charge is 2.13. The molecule has 0 bridgehead atoms. The first-order valence-corrected chi connectivity index (χ1v) is 7.65. The summed E-state index contributed by atoms with van der Waals surface area (Å²) >= 11 is 6.45. The van der Waals surface area contributed by atoms with Gasteiger partial charge in [0.1, 0.15) is 0 Å². The maximum Gasteiger partial charge on any atom is 0.165 e. The second-order valence-electron chi connectivity index (χ2n) is 5.10. The minimum absolute atomic E-state index is 0.234. The SMILES string of the molecule is CCCCc1ccc(C(Cl)c2ccc(OC)c(F)c2)cc1. The van der Waals surface area contributed by atoms with Gasteiger partial charge in [-0.15, -0.1) is 11.6 Å². The Hall–Kier alpha value is -1.54. The molecule has 2 rings (SSSR count). The molecule has 2 aromatic carbocycles. The lowest BCUT2D eigenvalue weighted by Crippen LogP contribution is -1.96. The molecule has 0 aliphatic carbocycles. The topological polar surface area (TPSA) is 9.23 Å². The van der Waals surface area contributed by atoms with Crippen LogP contribution in [0.25, 0.3) is 0 Å². The summed E-state index contributed by atoms with van der Waals surface area (Å²) in [7, 11) is 1.45. The van der Waals surface area contributed by atoms with Crippen molar-refractivity contribution < 1.29 is 9.13 Å². The third kappa shape index (κ3) is 3.98. The summed E-state index contributed by atoms with van der Waals surface area (Å²) in [4.78, 5) is 0. The average Bonchev–Trinajstić information content (AvgIpc) is 2.52. The third-order valence-electron chi connectivity index (χ3n) is 3.56. The predicted octanol–water partition coefficient (Wildman–Crippen LogP) is 5.51. The van der Waals surface area contributed by atoms with Gasteiger partial charge >= 0.3 is 0 Å². The van der Waals surface area contributed by atoms with Gasteiger partial charge in [0.2, 0.25) is 0 Å². The van der Waals surface area contributed by atoms with Crippen LogP contribution in [0, 0.1) is 5.82 Å². The summed E-state index contributed by atoms with van der Waals surface area (Å²) < 4.78 is 18.7. The van der Waals surface area contributed by atoms with Crippen LogP contribution < -0.4 is 4.74 Å². The van der Waals surface area contributed by atoms with Crippen molar-refractivity contribution in [3.63, 3.8) is 0 Å². The maximum atomic E-state index is 13.7. The first-order valence-electron chi connectivity index (χ1n) is 7.22. The molecule has 1 unspecified atom stereocenters. The molecular formula is C18H20ClFO. The van der Waals surface area contributed by atoms with Crippen molar-refractivity contribution in [2.75, 3.05) is 7.11 Å². The maximum absolute atomic E-state index is 13.7. The molecule has 0 radical (unpaired) electrons. The van der Waals surface area contributed by atoms with Gasteiger partial charge in [0, 0.05) is 0 Å². The molecule has 0 aliphatic heterocycles. The molecular weight excluding hydrogens is 287 g/mol. The first kappa shape index (κ1) is 15.8. The van der Waals surface area contributed by atoms with Gasteiger partial charge in [-0.25, -0.2) is 4.39 Å². The fourth-order valence-corrected chi connectivity index (χ4v) is 2.55. The molecule has 0 saturated heterocycles. The Morgan fingerprint density at radius 2 is 1.76 bits per heavy atom. The van der Waals surface area contributed by atoms with Crippen molar-refractivity contribution in [1.82, 2.24) is 0 Å². The molecule has 112 valence electrons. The average molecular weight is 307 g/mol. The fraction of sp³-hybridized carbons (Fsp3) is 0.333. The Morgan fingerprint density at radius 1 is 1.10 bits per heavy atom. The van der Waals surface area contributed by atoms with Gasteiger partial charge in [0.15, 0.2) is 11.6 Å². The van der Waals surface area contributed by atoms with Crippen LogP contribution in [-0.2, 0) is 6.42 Å². The monoisotopic (exact) mass is 306 g/mol. The van der Waals surface area contributed by atoms with Gasteiger partial charge in [0.05, 0.1) is 12.5 Å². The smallest absolute Gasteiger partial charge is 0.165 e. The van der Waals surface area contributed by atoms with Crippen molar-refractivity contribution in [3.8, 4) is 5.75 Å². The number of hydrogen-bond acceptors (Lipinski definition) is 1. The van der Waals surface area contributed by atoms with Crippen LogP contribution in [0.15, 0.2) is 42.5 Å². The van der Waals surface area contributed by atoms with E-state index in [9.17, 15) is 4.39 Å². The fourth-order valence-electron chi connectivity index (χ4n) is 2.27. The van der Waals surface area contributed by atoms with Gasteiger partial charge < -0.3 is 4.74 Å². The summed E-state index contributed by atoms with van der Waals surface area (Å²) in [6.07, 6.45) is 3.46. The van der Waals surface area contributed by atoms with E-state index in [0.717, 1.165) is 17.5 Å².